The van der Waals surface area contributed by atoms with Crippen molar-refractivity contribution in [3.63, 3.8) is 0 Å². The molecule has 4 rings (SSSR count). The zero-order valence-corrected chi connectivity index (χ0v) is 13.7. The number of carbonyl (C=O) groups is 1. The molecule has 0 radical (unpaired) electrons. The van der Waals surface area contributed by atoms with Crippen LogP contribution in [0.4, 0.5) is 5.69 Å². The van der Waals surface area contributed by atoms with Crippen LogP contribution in [0.25, 0.3) is 32.8 Å². The molecular weight excluding hydrogens is 312 g/mol. The lowest BCUT2D eigenvalue weighted by Crippen LogP contribution is -2.04. The molecule has 1 aromatic heterocycles. The van der Waals surface area contributed by atoms with Crippen molar-refractivity contribution in [2.45, 2.75) is 0 Å². The average molecular weight is 328 g/mol. The maximum absolute atomic E-state index is 11.9. The van der Waals surface area contributed by atoms with Crippen LogP contribution in [0, 0.1) is 0 Å². The van der Waals surface area contributed by atoms with Crippen LogP contribution in [0.5, 0.6) is 0 Å². The maximum Gasteiger partial charge on any atom is 0.356 e. The highest BCUT2D eigenvalue weighted by Crippen LogP contribution is 2.34. The Morgan fingerprint density at radius 3 is 2.44 bits per heavy atom. The van der Waals surface area contributed by atoms with Crippen LogP contribution >= 0.6 is 0 Å². The summed E-state index contributed by atoms with van der Waals surface area (Å²) in [4.78, 5) is 16.4. The molecule has 1 heterocycles. The molecule has 0 bridgehead atoms. The number of ether oxygens (including phenoxy) is 1. The number of esters is 1. The Hall–Kier alpha value is -3.40. The lowest BCUT2D eigenvalue weighted by molar-refractivity contribution is 0.0594. The number of nitrogen functional groups attached to an aromatic ring is 1. The molecule has 0 fully saturated rings. The first-order valence-electron chi connectivity index (χ1n) is 7.95. The number of hydrogen-bond donors (Lipinski definition) is 1. The van der Waals surface area contributed by atoms with E-state index >= 15 is 0 Å². The summed E-state index contributed by atoms with van der Waals surface area (Å²) in [7, 11) is 1.35. The van der Waals surface area contributed by atoms with Crippen molar-refractivity contribution < 1.29 is 9.53 Å². The second-order valence-corrected chi connectivity index (χ2v) is 5.81. The Morgan fingerprint density at radius 1 is 0.880 bits per heavy atom. The van der Waals surface area contributed by atoms with E-state index in [4.69, 9.17) is 10.5 Å². The third-order valence-corrected chi connectivity index (χ3v) is 4.36. The Morgan fingerprint density at radius 2 is 1.60 bits per heavy atom. The minimum atomic E-state index is -0.445. The highest BCUT2D eigenvalue weighted by atomic mass is 16.5. The van der Waals surface area contributed by atoms with Crippen molar-refractivity contribution in [3.05, 3.63) is 72.4 Å². The summed E-state index contributed by atoms with van der Waals surface area (Å²) in [5.41, 5.74) is 9.91. The first-order chi connectivity index (χ1) is 12.2. The largest absolute Gasteiger partial charge is 0.464 e. The highest BCUT2D eigenvalue weighted by molar-refractivity contribution is 6.07. The van der Waals surface area contributed by atoms with Gasteiger partial charge in [-0.2, -0.15) is 0 Å². The van der Waals surface area contributed by atoms with Gasteiger partial charge in [-0.3, -0.25) is 0 Å². The highest BCUT2D eigenvalue weighted by Gasteiger charge is 2.13. The van der Waals surface area contributed by atoms with Gasteiger partial charge in [0.15, 0.2) is 0 Å². The van der Waals surface area contributed by atoms with Gasteiger partial charge in [0.1, 0.15) is 5.69 Å². The van der Waals surface area contributed by atoms with E-state index in [1.165, 1.54) is 7.11 Å². The monoisotopic (exact) mass is 328 g/mol. The third kappa shape index (κ3) is 2.48. The van der Waals surface area contributed by atoms with Crippen molar-refractivity contribution in [2.24, 2.45) is 0 Å². The molecule has 0 unspecified atom stereocenters. The van der Waals surface area contributed by atoms with Crippen LogP contribution in [0.15, 0.2) is 66.7 Å². The molecule has 0 aliphatic heterocycles. The van der Waals surface area contributed by atoms with E-state index in [1.807, 2.05) is 60.7 Å². The molecule has 0 saturated heterocycles. The van der Waals surface area contributed by atoms with Gasteiger partial charge in [-0.25, -0.2) is 9.78 Å². The normalized spacial score (nSPS) is 10.9. The van der Waals surface area contributed by atoms with Crippen LogP contribution in [0.2, 0.25) is 0 Å². The number of nitrogens with zero attached hydrogens (tertiary/aromatic N) is 1. The smallest absolute Gasteiger partial charge is 0.356 e. The summed E-state index contributed by atoms with van der Waals surface area (Å²) >= 11 is 0. The quantitative estimate of drug-likeness (QED) is 0.437. The summed E-state index contributed by atoms with van der Waals surface area (Å²) in [5, 5.41) is 3.02. The third-order valence-electron chi connectivity index (χ3n) is 4.36. The molecule has 3 aromatic carbocycles. The number of carbonyl (C=O) groups excluding carboxylic acids is 1. The number of nitrogens with two attached hydrogens (primary N) is 1. The van der Waals surface area contributed by atoms with E-state index in [1.54, 1.807) is 6.07 Å². The number of pyridine rings is 1. The Kier molecular flexibility index (Phi) is 3.58. The zero-order chi connectivity index (χ0) is 17.4. The summed E-state index contributed by atoms with van der Waals surface area (Å²) in [6.07, 6.45) is 0. The molecule has 0 saturated carbocycles. The average Bonchev–Trinajstić information content (AvgIpc) is 2.66. The molecule has 2 N–H and O–H groups in total. The predicted molar refractivity (Wildman–Crippen MR) is 100 cm³/mol. The van der Waals surface area contributed by atoms with Crippen molar-refractivity contribution in [3.8, 4) is 11.1 Å². The minimum Gasteiger partial charge on any atom is -0.464 e. The Balaban J connectivity index is 2.04. The predicted octanol–water partition coefficient (Wildman–Crippen LogP) is 4.42. The van der Waals surface area contributed by atoms with Crippen molar-refractivity contribution in [1.82, 2.24) is 4.98 Å². The first kappa shape index (κ1) is 15.1. The van der Waals surface area contributed by atoms with E-state index in [-0.39, 0.29) is 0 Å². The van der Waals surface area contributed by atoms with Gasteiger partial charge in [0.25, 0.3) is 0 Å². The second-order valence-electron chi connectivity index (χ2n) is 5.81. The fraction of sp³-hybridized carbons (Fsp3) is 0.0476. The number of aromatic nitrogens is 1. The summed E-state index contributed by atoms with van der Waals surface area (Å²) in [6.45, 7) is 0. The van der Waals surface area contributed by atoms with Crippen LogP contribution in [-0.4, -0.2) is 18.1 Å². The van der Waals surface area contributed by atoms with Crippen molar-refractivity contribution in [1.29, 1.82) is 0 Å². The molecule has 122 valence electrons. The van der Waals surface area contributed by atoms with Gasteiger partial charge in [-0.1, -0.05) is 54.6 Å². The van der Waals surface area contributed by atoms with Gasteiger partial charge in [-0.05, 0) is 23.1 Å². The molecular formula is C21H16N2O2. The van der Waals surface area contributed by atoms with E-state index in [0.717, 1.165) is 38.5 Å². The van der Waals surface area contributed by atoms with Crippen molar-refractivity contribution in [2.75, 3.05) is 12.8 Å². The molecule has 0 aliphatic carbocycles. The van der Waals surface area contributed by atoms with Crippen LogP contribution in [0.1, 0.15) is 10.5 Å². The van der Waals surface area contributed by atoms with Gasteiger partial charge >= 0.3 is 5.97 Å². The molecule has 0 spiro atoms. The van der Waals surface area contributed by atoms with Gasteiger partial charge < -0.3 is 10.5 Å². The number of para-hydroxylation sites is 1. The molecule has 25 heavy (non-hydrogen) atoms. The molecule has 0 atom stereocenters. The summed E-state index contributed by atoms with van der Waals surface area (Å²) < 4.78 is 4.80. The zero-order valence-electron chi connectivity index (χ0n) is 13.7. The number of hydrogen-bond acceptors (Lipinski definition) is 4. The number of anilines is 1. The molecule has 4 heteroatoms. The fourth-order valence-electron chi connectivity index (χ4n) is 3.15. The standard InChI is InChI=1S/C21H16N2O2/c1-25-21(24)19-12-11-13-5-2-9-17(20(13)23-19)15-6-3-8-16-14(15)7-4-10-18(16)22/h2-12H,22H2,1H3. The fourth-order valence-corrected chi connectivity index (χ4v) is 3.15. The lowest BCUT2D eigenvalue weighted by atomic mass is 9.95. The van der Waals surface area contributed by atoms with E-state index in [9.17, 15) is 4.79 Å². The van der Waals surface area contributed by atoms with E-state index in [2.05, 4.69) is 4.98 Å². The van der Waals surface area contributed by atoms with Gasteiger partial charge in [0.05, 0.1) is 12.6 Å². The summed E-state index contributed by atoms with van der Waals surface area (Å²) in [6, 6.07) is 21.5. The van der Waals surface area contributed by atoms with E-state index in [0.29, 0.717) is 5.69 Å². The lowest BCUT2D eigenvalue weighted by Gasteiger charge is -2.11. The Labute approximate surface area is 144 Å². The van der Waals surface area contributed by atoms with Gasteiger partial charge in [0, 0.05) is 22.0 Å². The number of methoxy groups -OCH3 is 1. The van der Waals surface area contributed by atoms with Crippen LogP contribution in [-0.2, 0) is 4.74 Å². The maximum atomic E-state index is 11.9. The number of fused-ring (bicyclic) bond motifs is 2. The second kappa shape index (κ2) is 5.91. The van der Waals surface area contributed by atoms with Gasteiger partial charge in [0.2, 0.25) is 0 Å². The van der Waals surface area contributed by atoms with Crippen LogP contribution in [0.3, 0.4) is 0 Å². The van der Waals surface area contributed by atoms with Crippen LogP contribution < -0.4 is 5.73 Å². The van der Waals surface area contributed by atoms with E-state index < -0.39 is 5.97 Å². The molecule has 0 aliphatic rings. The SMILES string of the molecule is COC(=O)c1ccc2cccc(-c3cccc4c(N)cccc34)c2n1. The van der Waals surface area contributed by atoms with Gasteiger partial charge in [-0.15, -0.1) is 0 Å². The minimum absolute atomic E-state index is 0.294. The molecule has 4 aromatic rings. The molecule has 4 nitrogen and oxygen atoms in total. The first-order valence-corrected chi connectivity index (χ1v) is 7.95. The number of rotatable bonds is 2. The number of benzene rings is 3. The summed E-state index contributed by atoms with van der Waals surface area (Å²) in [5.74, 6) is -0.445. The topological polar surface area (TPSA) is 65.2 Å². The van der Waals surface area contributed by atoms with Crippen molar-refractivity contribution >= 4 is 33.3 Å². The molecule has 0 amide bonds. The Bertz CT molecular complexity index is 1120.